The third-order valence-corrected chi connectivity index (χ3v) is 6.27. The highest BCUT2D eigenvalue weighted by molar-refractivity contribution is 5.52. The van der Waals surface area contributed by atoms with Crippen molar-refractivity contribution in [3.63, 3.8) is 0 Å². The summed E-state index contributed by atoms with van der Waals surface area (Å²) in [7, 11) is 1.58. The molecule has 1 saturated carbocycles. The van der Waals surface area contributed by atoms with Gasteiger partial charge in [0.15, 0.2) is 11.2 Å². The van der Waals surface area contributed by atoms with Gasteiger partial charge in [-0.15, -0.1) is 0 Å². The van der Waals surface area contributed by atoms with E-state index in [9.17, 15) is 10.4 Å². The summed E-state index contributed by atoms with van der Waals surface area (Å²) in [5.41, 5.74) is 0.752. The maximum atomic E-state index is 12.0. The lowest BCUT2D eigenvalue weighted by Gasteiger charge is -2.39. The van der Waals surface area contributed by atoms with E-state index in [1.807, 2.05) is 30.3 Å². The molecule has 0 radical (unpaired) electrons. The van der Waals surface area contributed by atoms with E-state index in [0.717, 1.165) is 17.5 Å². The number of ether oxygens (including phenoxy) is 2. The highest BCUT2D eigenvalue weighted by Crippen LogP contribution is 2.66. The Kier molecular flexibility index (Phi) is 3.87. The molecule has 3 aromatic rings. The first-order valence-corrected chi connectivity index (χ1v) is 9.64. The summed E-state index contributed by atoms with van der Waals surface area (Å²) in [6.07, 6.45) is 2.90. The van der Waals surface area contributed by atoms with Gasteiger partial charge < -0.3 is 14.6 Å². The SMILES string of the molecule is COc1cnc2c(c1)OC1(c3ccc(C#N)cc3)C(c3ccccc3)CCC21O. The summed E-state index contributed by atoms with van der Waals surface area (Å²) >= 11 is 0. The first-order chi connectivity index (χ1) is 14.1. The van der Waals surface area contributed by atoms with E-state index in [4.69, 9.17) is 9.47 Å². The Morgan fingerprint density at radius 1 is 1.17 bits per heavy atom. The van der Waals surface area contributed by atoms with E-state index in [0.29, 0.717) is 29.2 Å². The fraction of sp³-hybridized carbons (Fsp3) is 0.250. The molecule has 0 amide bonds. The van der Waals surface area contributed by atoms with Crippen LogP contribution in [0.15, 0.2) is 66.9 Å². The molecule has 0 spiro atoms. The smallest absolute Gasteiger partial charge is 0.175 e. The molecule has 1 N–H and O–H groups in total. The Morgan fingerprint density at radius 3 is 2.62 bits per heavy atom. The van der Waals surface area contributed by atoms with Crippen LogP contribution in [0.25, 0.3) is 0 Å². The topological polar surface area (TPSA) is 75.4 Å². The maximum Gasteiger partial charge on any atom is 0.175 e. The summed E-state index contributed by atoms with van der Waals surface area (Å²) in [5.74, 6) is 1.05. The first-order valence-electron chi connectivity index (χ1n) is 9.64. The van der Waals surface area contributed by atoms with Crippen LogP contribution in [0.3, 0.4) is 0 Å². The van der Waals surface area contributed by atoms with Crippen LogP contribution in [0, 0.1) is 11.3 Å². The van der Waals surface area contributed by atoms with Gasteiger partial charge in [-0.2, -0.15) is 5.26 Å². The standard InChI is InChI=1S/C24H20N2O3/c1-28-19-13-21-22(26-15-19)23(27)12-11-20(17-5-3-2-4-6-17)24(23,29-21)18-9-7-16(14-25)8-10-18/h2-10,13,15,20,27H,11-12H2,1H3. The molecule has 3 unspecified atom stereocenters. The monoisotopic (exact) mass is 384 g/mol. The number of rotatable bonds is 3. The van der Waals surface area contributed by atoms with Crippen LogP contribution >= 0.6 is 0 Å². The summed E-state index contributed by atoms with van der Waals surface area (Å²) in [4.78, 5) is 4.52. The molecule has 2 aliphatic rings. The van der Waals surface area contributed by atoms with Crippen molar-refractivity contribution in [2.24, 2.45) is 0 Å². The number of nitriles is 1. The first kappa shape index (κ1) is 17.7. The van der Waals surface area contributed by atoms with Crippen molar-refractivity contribution in [1.29, 1.82) is 5.26 Å². The Bertz CT molecular complexity index is 1110. The van der Waals surface area contributed by atoms with Crippen LogP contribution in [0.4, 0.5) is 0 Å². The number of hydrogen-bond acceptors (Lipinski definition) is 5. The number of pyridine rings is 1. The molecule has 1 fully saturated rings. The number of aromatic nitrogens is 1. The third-order valence-electron chi connectivity index (χ3n) is 6.27. The molecule has 5 nitrogen and oxygen atoms in total. The summed E-state index contributed by atoms with van der Waals surface area (Å²) in [5, 5.41) is 21.2. The maximum absolute atomic E-state index is 12.0. The molecule has 3 atom stereocenters. The Labute approximate surface area is 169 Å². The second-order valence-electron chi connectivity index (χ2n) is 7.61. The van der Waals surface area contributed by atoms with Gasteiger partial charge in [0.05, 0.1) is 24.9 Å². The average molecular weight is 384 g/mol. The van der Waals surface area contributed by atoms with Crippen molar-refractivity contribution in [1.82, 2.24) is 4.98 Å². The minimum absolute atomic E-state index is 0.0677. The highest BCUT2D eigenvalue weighted by Gasteiger charge is 2.69. The zero-order chi connectivity index (χ0) is 20.1. The molecule has 0 saturated heterocycles. The van der Waals surface area contributed by atoms with Gasteiger partial charge in [0.1, 0.15) is 17.2 Å². The largest absolute Gasteiger partial charge is 0.495 e. The van der Waals surface area contributed by atoms with Crippen molar-refractivity contribution in [2.75, 3.05) is 7.11 Å². The van der Waals surface area contributed by atoms with Crippen molar-refractivity contribution >= 4 is 0 Å². The van der Waals surface area contributed by atoms with Gasteiger partial charge in [-0.25, -0.2) is 0 Å². The van der Waals surface area contributed by atoms with Gasteiger partial charge >= 0.3 is 0 Å². The summed E-state index contributed by atoms with van der Waals surface area (Å²) in [6, 6.07) is 21.4. The molecule has 144 valence electrons. The molecule has 2 aromatic carbocycles. The van der Waals surface area contributed by atoms with Gasteiger partial charge in [0.2, 0.25) is 0 Å². The van der Waals surface area contributed by atoms with E-state index in [2.05, 4.69) is 23.2 Å². The Balaban J connectivity index is 1.74. The van der Waals surface area contributed by atoms with E-state index in [-0.39, 0.29) is 5.92 Å². The number of aliphatic hydroxyl groups is 1. The van der Waals surface area contributed by atoms with Crippen LogP contribution in [-0.4, -0.2) is 17.2 Å². The molecular weight excluding hydrogens is 364 g/mol. The van der Waals surface area contributed by atoms with E-state index in [1.165, 1.54) is 0 Å². The molecule has 5 heteroatoms. The highest BCUT2D eigenvalue weighted by atomic mass is 16.5. The molecule has 5 rings (SSSR count). The Morgan fingerprint density at radius 2 is 1.93 bits per heavy atom. The zero-order valence-electron chi connectivity index (χ0n) is 16.0. The summed E-state index contributed by atoms with van der Waals surface area (Å²) < 4.78 is 11.9. The van der Waals surface area contributed by atoms with Gasteiger partial charge in [-0.1, -0.05) is 42.5 Å². The predicted octanol–water partition coefficient (Wildman–Crippen LogP) is 4.01. The van der Waals surface area contributed by atoms with Crippen LogP contribution < -0.4 is 9.47 Å². The molecule has 29 heavy (non-hydrogen) atoms. The Hall–Kier alpha value is -3.36. The fourth-order valence-corrected chi connectivity index (χ4v) is 4.96. The lowest BCUT2D eigenvalue weighted by atomic mass is 9.72. The lowest BCUT2D eigenvalue weighted by molar-refractivity contribution is -0.107. The predicted molar refractivity (Wildman–Crippen MR) is 107 cm³/mol. The van der Waals surface area contributed by atoms with E-state index < -0.39 is 11.2 Å². The lowest BCUT2D eigenvalue weighted by Crippen LogP contribution is -2.48. The average Bonchev–Trinajstić information content (AvgIpc) is 3.21. The number of benzene rings is 2. The van der Waals surface area contributed by atoms with E-state index in [1.54, 1.807) is 31.5 Å². The van der Waals surface area contributed by atoms with Gasteiger partial charge in [-0.3, -0.25) is 4.98 Å². The van der Waals surface area contributed by atoms with Crippen LogP contribution in [0.2, 0.25) is 0 Å². The fourth-order valence-electron chi connectivity index (χ4n) is 4.96. The van der Waals surface area contributed by atoms with Crippen LogP contribution in [-0.2, 0) is 11.2 Å². The summed E-state index contributed by atoms with van der Waals surface area (Å²) in [6.45, 7) is 0. The van der Waals surface area contributed by atoms with Crippen molar-refractivity contribution in [3.8, 4) is 17.6 Å². The molecule has 1 aliphatic heterocycles. The van der Waals surface area contributed by atoms with Gasteiger partial charge in [0, 0.05) is 12.0 Å². The number of fused-ring (bicyclic) bond motifs is 3. The molecule has 2 heterocycles. The number of hydrogen-bond donors (Lipinski definition) is 1. The quantitative estimate of drug-likeness (QED) is 0.738. The minimum atomic E-state index is -1.27. The van der Waals surface area contributed by atoms with Gasteiger partial charge in [0.25, 0.3) is 0 Å². The molecular formula is C24H20N2O3. The second kappa shape index (κ2) is 6.33. The van der Waals surface area contributed by atoms with Crippen molar-refractivity contribution in [3.05, 3.63) is 89.2 Å². The van der Waals surface area contributed by atoms with Crippen molar-refractivity contribution in [2.45, 2.75) is 30.0 Å². The van der Waals surface area contributed by atoms with Crippen molar-refractivity contribution < 1.29 is 14.6 Å². The second-order valence-corrected chi connectivity index (χ2v) is 7.61. The third kappa shape index (κ3) is 2.33. The van der Waals surface area contributed by atoms with Crippen LogP contribution in [0.5, 0.6) is 11.5 Å². The number of methoxy groups -OCH3 is 1. The number of nitrogens with zero attached hydrogens (tertiary/aromatic N) is 2. The van der Waals surface area contributed by atoms with Gasteiger partial charge in [-0.05, 0) is 36.1 Å². The molecule has 1 aliphatic carbocycles. The zero-order valence-corrected chi connectivity index (χ0v) is 16.0. The van der Waals surface area contributed by atoms with E-state index >= 15 is 0 Å². The molecule has 0 bridgehead atoms. The molecule has 1 aromatic heterocycles. The normalized spacial score (nSPS) is 26.9. The van der Waals surface area contributed by atoms with Crippen LogP contribution in [0.1, 0.15) is 41.1 Å². The minimum Gasteiger partial charge on any atom is -0.495 e.